The van der Waals surface area contributed by atoms with Crippen molar-refractivity contribution >= 4 is 73.5 Å². The van der Waals surface area contributed by atoms with Gasteiger partial charge in [0.1, 0.15) is 12.4 Å². The largest absolute Gasteiger partial charge is 0.514 e. The molecule has 0 aliphatic carbocycles. The van der Waals surface area contributed by atoms with Crippen molar-refractivity contribution in [2.45, 2.75) is 11.5 Å². The first-order valence-corrected chi connectivity index (χ1v) is 13.0. The van der Waals surface area contributed by atoms with Gasteiger partial charge >= 0.3 is 12.1 Å². The minimum absolute atomic E-state index is 0.0657. The summed E-state index contributed by atoms with van der Waals surface area (Å²) >= 11 is 4.07. The van der Waals surface area contributed by atoms with E-state index in [0.717, 1.165) is 21.3 Å². The summed E-state index contributed by atoms with van der Waals surface area (Å²) in [6, 6.07) is 14.8. The molecule has 0 fully saturated rings. The fourth-order valence-corrected chi connectivity index (χ4v) is 5.24. The highest BCUT2D eigenvalue weighted by Crippen LogP contribution is 2.30. The zero-order valence-corrected chi connectivity index (χ0v) is 22.4. The second-order valence-corrected chi connectivity index (χ2v) is 10.5. The summed E-state index contributed by atoms with van der Waals surface area (Å²) in [7, 11) is -4.38. The lowest BCUT2D eigenvalue weighted by atomic mass is 10.2. The Morgan fingerprint density at radius 1 is 0.971 bits per heavy atom. The van der Waals surface area contributed by atoms with Gasteiger partial charge in [-0.2, -0.15) is 8.42 Å². The van der Waals surface area contributed by atoms with Crippen LogP contribution in [0.2, 0.25) is 0 Å². The van der Waals surface area contributed by atoms with Gasteiger partial charge in [0.25, 0.3) is 10.1 Å². The Morgan fingerprint density at radius 3 is 2.21 bits per heavy atom. The molecule has 0 heterocycles. The Morgan fingerprint density at radius 2 is 1.62 bits per heavy atom. The van der Waals surface area contributed by atoms with Crippen molar-refractivity contribution in [2.24, 2.45) is 0 Å². The third-order valence-corrected chi connectivity index (χ3v) is 6.62. The maximum absolute atomic E-state index is 12.6. The molecule has 0 unspecified atom stereocenters. The van der Waals surface area contributed by atoms with Crippen LogP contribution >= 0.6 is 45.2 Å². The Balaban J connectivity index is 1.73. The van der Waals surface area contributed by atoms with E-state index < -0.39 is 22.2 Å². The second-order valence-electron chi connectivity index (χ2n) is 6.68. The summed E-state index contributed by atoms with van der Waals surface area (Å²) in [5.41, 5.74) is 1.36. The topological polar surface area (TPSA) is 116 Å². The summed E-state index contributed by atoms with van der Waals surface area (Å²) in [5, 5.41) is 0. The van der Waals surface area contributed by atoms with E-state index in [-0.39, 0.29) is 22.8 Å². The zero-order chi connectivity index (χ0) is 24.9. The lowest BCUT2D eigenvalue weighted by Gasteiger charge is -2.13. The van der Waals surface area contributed by atoms with Crippen molar-refractivity contribution in [2.75, 3.05) is 0 Å². The monoisotopic (exact) mass is 706 g/mol. The first-order chi connectivity index (χ1) is 16.1. The maximum Gasteiger partial charge on any atom is 0.514 e. The van der Waals surface area contributed by atoms with E-state index in [1.165, 1.54) is 12.1 Å². The van der Waals surface area contributed by atoms with Gasteiger partial charge in [-0.3, -0.25) is 4.55 Å². The number of benzene rings is 3. The van der Waals surface area contributed by atoms with Gasteiger partial charge in [-0.05, 0) is 99.3 Å². The minimum atomic E-state index is -4.38. The predicted octanol–water partition coefficient (Wildman–Crippen LogP) is 5.72. The molecule has 8 nitrogen and oxygen atoms in total. The summed E-state index contributed by atoms with van der Waals surface area (Å²) < 4.78 is 48.7. The SMILES string of the molecule is C=Cc1ccc(OC(=O)OCc2cc(I)cc(I)c2OC(=O)c2ccc(S(=O)(=O)O)cc2)cc1. The number of rotatable bonds is 7. The molecular weight excluding hydrogens is 690 g/mol. The molecule has 0 atom stereocenters. The molecule has 0 aliphatic heterocycles. The molecule has 0 bridgehead atoms. The van der Waals surface area contributed by atoms with E-state index in [4.69, 9.17) is 18.8 Å². The van der Waals surface area contributed by atoms with Gasteiger partial charge in [0.2, 0.25) is 0 Å². The van der Waals surface area contributed by atoms with Crippen molar-refractivity contribution in [1.82, 2.24) is 0 Å². The molecule has 176 valence electrons. The molecule has 0 saturated carbocycles. The second kappa shape index (κ2) is 11.3. The van der Waals surface area contributed by atoms with Crippen LogP contribution in [0.3, 0.4) is 0 Å². The maximum atomic E-state index is 12.6. The molecule has 0 spiro atoms. The summed E-state index contributed by atoms with van der Waals surface area (Å²) in [4.78, 5) is 24.4. The summed E-state index contributed by atoms with van der Waals surface area (Å²) in [5.74, 6) is -0.270. The quantitative estimate of drug-likeness (QED) is 0.109. The third kappa shape index (κ3) is 7.01. The highest BCUT2D eigenvalue weighted by Gasteiger charge is 2.19. The van der Waals surface area contributed by atoms with Crippen LogP contribution < -0.4 is 9.47 Å². The van der Waals surface area contributed by atoms with Crippen LogP contribution in [0.15, 0.2) is 72.1 Å². The first-order valence-electron chi connectivity index (χ1n) is 9.41. The Hall–Kier alpha value is -2.49. The lowest BCUT2D eigenvalue weighted by Crippen LogP contribution is -2.14. The molecule has 3 aromatic rings. The van der Waals surface area contributed by atoms with Gasteiger partial charge in [0.15, 0.2) is 5.75 Å². The normalized spacial score (nSPS) is 10.9. The predicted molar refractivity (Wildman–Crippen MR) is 140 cm³/mol. The van der Waals surface area contributed by atoms with Crippen molar-refractivity contribution in [1.29, 1.82) is 0 Å². The van der Waals surface area contributed by atoms with Crippen molar-refractivity contribution in [3.63, 3.8) is 0 Å². The van der Waals surface area contributed by atoms with Gasteiger partial charge in [0.05, 0.1) is 14.0 Å². The minimum Gasteiger partial charge on any atom is -0.429 e. The molecule has 1 N–H and O–H groups in total. The molecule has 0 radical (unpaired) electrons. The average molecular weight is 706 g/mol. The number of hydrogen-bond donors (Lipinski definition) is 1. The van der Waals surface area contributed by atoms with Crippen molar-refractivity contribution in [3.05, 3.63) is 91.1 Å². The van der Waals surface area contributed by atoms with Gasteiger partial charge < -0.3 is 14.2 Å². The molecule has 0 saturated heterocycles. The first kappa shape index (κ1) is 26.1. The molecule has 0 amide bonds. The van der Waals surface area contributed by atoms with E-state index >= 15 is 0 Å². The van der Waals surface area contributed by atoms with Crippen molar-refractivity contribution in [3.8, 4) is 11.5 Å². The average Bonchev–Trinajstić information content (AvgIpc) is 2.79. The van der Waals surface area contributed by atoms with E-state index in [1.807, 2.05) is 22.6 Å². The molecule has 3 rings (SSSR count). The molecule has 11 heteroatoms. The number of esters is 1. The standard InChI is InChI=1S/C23H16I2O8S/c1-2-14-3-7-18(8-4-14)32-23(27)31-13-16-11-17(24)12-20(25)21(16)33-22(26)15-5-9-19(10-6-15)34(28,29)30/h2-12H,1,13H2,(H,28,29,30). The Kier molecular flexibility index (Phi) is 8.67. The number of ether oxygens (including phenoxy) is 3. The van der Waals surface area contributed by atoms with Crippen LogP contribution in [0.25, 0.3) is 6.08 Å². The van der Waals surface area contributed by atoms with Crippen LogP contribution in [-0.4, -0.2) is 25.1 Å². The Labute approximate surface area is 222 Å². The van der Waals surface area contributed by atoms with Crippen LogP contribution in [0, 0.1) is 7.14 Å². The fraction of sp³-hybridized carbons (Fsp3) is 0.0435. The van der Waals surface area contributed by atoms with Crippen LogP contribution in [-0.2, 0) is 21.5 Å². The van der Waals surface area contributed by atoms with E-state index in [2.05, 4.69) is 29.2 Å². The fourth-order valence-electron chi connectivity index (χ4n) is 2.68. The summed E-state index contributed by atoms with van der Waals surface area (Å²) in [6.45, 7) is 3.43. The molecule has 0 aromatic heterocycles. The smallest absolute Gasteiger partial charge is 0.429 e. The highest BCUT2D eigenvalue weighted by atomic mass is 127. The van der Waals surface area contributed by atoms with Gasteiger partial charge in [0, 0.05) is 9.13 Å². The van der Waals surface area contributed by atoms with Crippen LogP contribution in [0.4, 0.5) is 4.79 Å². The van der Waals surface area contributed by atoms with Crippen LogP contribution in [0.5, 0.6) is 11.5 Å². The molecule has 3 aromatic carbocycles. The zero-order valence-electron chi connectivity index (χ0n) is 17.2. The van der Waals surface area contributed by atoms with Crippen molar-refractivity contribution < 1.29 is 36.8 Å². The Bertz CT molecular complexity index is 1330. The molecule has 34 heavy (non-hydrogen) atoms. The molecular formula is C23H16I2O8S. The van der Waals surface area contributed by atoms with E-state index in [1.54, 1.807) is 42.5 Å². The molecule has 0 aliphatic rings. The van der Waals surface area contributed by atoms with Gasteiger partial charge in [-0.1, -0.05) is 24.8 Å². The van der Waals surface area contributed by atoms with Crippen LogP contribution in [0.1, 0.15) is 21.5 Å². The lowest BCUT2D eigenvalue weighted by molar-refractivity contribution is 0.0723. The summed E-state index contributed by atoms with van der Waals surface area (Å²) in [6.07, 6.45) is 0.727. The highest BCUT2D eigenvalue weighted by molar-refractivity contribution is 14.1. The van der Waals surface area contributed by atoms with E-state index in [0.29, 0.717) is 14.9 Å². The number of carbonyl (C=O) groups excluding carboxylic acids is 2. The number of hydrogen-bond acceptors (Lipinski definition) is 7. The van der Waals surface area contributed by atoms with E-state index in [9.17, 15) is 18.0 Å². The number of carbonyl (C=O) groups is 2. The van der Waals surface area contributed by atoms with Gasteiger partial charge in [-0.25, -0.2) is 9.59 Å². The number of halogens is 2. The van der Waals surface area contributed by atoms with Gasteiger partial charge in [-0.15, -0.1) is 0 Å². The third-order valence-electron chi connectivity index (χ3n) is 4.33.